The summed E-state index contributed by atoms with van der Waals surface area (Å²) >= 11 is 3.64. The number of benzene rings is 2. The second kappa shape index (κ2) is 7.61. The Morgan fingerprint density at radius 1 is 1.00 bits per heavy atom. The van der Waals surface area contributed by atoms with Gasteiger partial charge in [-0.2, -0.15) is 0 Å². The first-order chi connectivity index (χ1) is 9.70. The zero-order chi connectivity index (χ0) is 14.4. The molecule has 1 nitrogen and oxygen atoms in total. The average molecular weight is 332 g/mol. The molecule has 2 heteroatoms. The summed E-state index contributed by atoms with van der Waals surface area (Å²) in [7, 11) is 0. The largest absolute Gasteiger partial charge is 0.307 e. The van der Waals surface area contributed by atoms with Gasteiger partial charge in [-0.25, -0.2) is 0 Å². The van der Waals surface area contributed by atoms with Crippen LogP contribution in [0.2, 0.25) is 0 Å². The summed E-state index contributed by atoms with van der Waals surface area (Å²) in [5.41, 5.74) is 2.71. The lowest BCUT2D eigenvalue weighted by Gasteiger charge is -2.23. The minimum Gasteiger partial charge on any atom is -0.307 e. The van der Waals surface area contributed by atoms with Gasteiger partial charge in [0.1, 0.15) is 0 Å². The molecule has 20 heavy (non-hydrogen) atoms. The third-order valence-electron chi connectivity index (χ3n) is 3.70. The molecule has 0 saturated carbocycles. The Bertz CT molecular complexity index is 524. The van der Waals surface area contributed by atoms with Crippen molar-refractivity contribution in [2.24, 2.45) is 0 Å². The van der Waals surface area contributed by atoms with Gasteiger partial charge in [-0.3, -0.25) is 0 Å². The van der Waals surface area contributed by atoms with E-state index in [9.17, 15) is 0 Å². The Morgan fingerprint density at radius 2 is 1.65 bits per heavy atom. The zero-order valence-electron chi connectivity index (χ0n) is 12.1. The topological polar surface area (TPSA) is 12.0 Å². The molecule has 0 spiro atoms. The first-order valence-corrected chi connectivity index (χ1v) is 8.04. The van der Waals surface area contributed by atoms with Crippen LogP contribution in [-0.2, 0) is 6.42 Å². The van der Waals surface area contributed by atoms with E-state index >= 15 is 0 Å². The molecule has 0 aromatic heterocycles. The van der Waals surface area contributed by atoms with Crippen molar-refractivity contribution in [1.82, 2.24) is 5.32 Å². The van der Waals surface area contributed by atoms with Crippen molar-refractivity contribution in [2.75, 3.05) is 0 Å². The molecular weight excluding hydrogens is 310 g/mol. The zero-order valence-corrected chi connectivity index (χ0v) is 13.7. The minimum absolute atomic E-state index is 0.378. The smallest absolute Gasteiger partial charge is 0.0294 e. The number of hydrogen-bond acceptors (Lipinski definition) is 1. The van der Waals surface area contributed by atoms with Crippen molar-refractivity contribution >= 4 is 15.9 Å². The van der Waals surface area contributed by atoms with Gasteiger partial charge in [0.05, 0.1) is 0 Å². The highest BCUT2D eigenvalue weighted by Crippen LogP contribution is 2.20. The van der Waals surface area contributed by atoms with E-state index in [4.69, 9.17) is 0 Å². The van der Waals surface area contributed by atoms with E-state index in [-0.39, 0.29) is 0 Å². The van der Waals surface area contributed by atoms with Crippen molar-refractivity contribution in [3.8, 4) is 0 Å². The van der Waals surface area contributed by atoms with Crippen molar-refractivity contribution in [3.05, 3.63) is 70.2 Å². The molecule has 106 valence electrons. The van der Waals surface area contributed by atoms with Crippen LogP contribution in [0.3, 0.4) is 0 Å². The Morgan fingerprint density at radius 3 is 2.30 bits per heavy atom. The van der Waals surface area contributed by atoms with Gasteiger partial charge in [0.15, 0.2) is 0 Å². The van der Waals surface area contributed by atoms with Crippen LogP contribution >= 0.6 is 15.9 Å². The van der Waals surface area contributed by atoms with Crippen molar-refractivity contribution in [1.29, 1.82) is 0 Å². The number of halogens is 1. The summed E-state index contributed by atoms with van der Waals surface area (Å²) in [6, 6.07) is 20.0. The lowest BCUT2D eigenvalue weighted by Crippen LogP contribution is -2.32. The van der Waals surface area contributed by atoms with Crippen LogP contribution in [0.1, 0.15) is 37.4 Å². The van der Waals surface area contributed by atoms with Gasteiger partial charge in [-0.05, 0) is 37.0 Å². The summed E-state index contributed by atoms with van der Waals surface area (Å²) < 4.78 is 1.20. The predicted molar refractivity (Wildman–Crippen MR) is 89.9 cm³/mol. The molecule has 2 atom stereocenters. The maximum absolute atomic E-state index is 3.74. The molecule has 0 aliphatic carbocycles. The Balaban J connectivity index is 2.01. The van der Waals surface area contributed by atoms with Crippen LogP contribution < -0.4 is 5.32 Å². The van der Waals surface area contributed by atoms with Crippen LogP contribution in [0.25, 0.3) is 0 Å². The fourth-order valence-corrected chi connectivity index (χ4v) is 2.89. The maximum Gasteiger partial charge on any atom is 0.0294 e. The van der Waals surface area contributed by atoms with Gasteiger partial charge in [-0.15, -0.1) is 0 Å². The van der Waals surface area contributed by atoms with Crippen LogP contribution in [0.4, 0.5) is 0 Å². The summed E-state index contributed by atoms with van der Waals surface area (Å²) in [6.45, 7) is 4.48. The van der Waals surface area contributed by atoms with E-state index in [2.05, 4.69) is 89.7 Å². The molecule has 1 N–H and O–H groups in total. The summed E-state index contributed by atoms with van der Waals surface area (Å²) in [5, 5.41) is 3.74. The molecular formula is C18H22BrN. The Kier molecular flexibility index (Phi) is 5.81. The predicted octanol–water partition coefficient (Wildman–Crippen LogP) is 5.12. The van der Waals surface area contributed by atoms with Gasteiger partial charge in [0.2, 0.25) is 0 Å². The molecule has 0 saturated heterocycles. The van der Waals surface area contributed by atoms with Crippen molar-refractivity contribution < 1.29 is 0 Å². The number of hydrogen-bond donors (Lipinski definition) is 1. The van der Waals surface area contributed by atoms with E-state index in [0.29, 0.717) is 12.1 Å². The summed E-state index contributed by atoms with van der Waals surface area (Å²) in [6.07, 6.45) is 2.17. The van der Waals surface area contributed by atoms with Crippen LogP contribution in [0, 0.1) is 0 Å². The van der Waals surface area contributed by atoms with E-state index in [1.165, 1.54) is 15.6 Å². The molecule has 0 aliphatic rings. The number of nitrogens with one attached hydrogen (secondary N) is 1. The van der Waals surface area contributed by atoms with Crippen LogP contribution in [-0.4, -0.2) is 6.04 Å². The first kappa shape index (κ1) is 15.3. The monoisotopic (exact) mass is 331 g/mol. The maximum atomic E-state index is 3.74. The van der Waals surface area contributed by atoms with Gasteiger partial charge in [-0.1, -0.05) is 71.4 Å². The molecule has 0 amide bonds. The molecule has 2 aromatic rings. The quantitative estimate of drug-likeness (QED) is 0.774. The Hall–Kier alpha value is -1.12. The molecule has 0 fully saturated rings. The highest BCUT2D eigenvalue weighted by molar-refractivity contribution is 9.10. The van der Waals surface area contributed by atoms with E-state index in [1.807, 2.05) is 0 Å². The Labute approximate surface area is 130 Å². The highest BCUT2D eigenvalue weighted by atomic mass is 79.9. The third kappa shape index (κ3) is 4.19. The normalized spacial score (nSPS) is 13.9. The van der Waals surface area contributed by atoms with Crippen molar-refractivity contribution in [3.63, 3.8) is 0 Å². The SMILES string of the molecule is CC[C@@H](Cc1ccccc1Br)N[C@@H](C)c1ccccc1. The fourth-order valence-electron chi connectivity index (χ4n) is 2.44. The second-order valence-corrected chi connectivity index (χ2v) is 6.05. The summed E-state index contributed by atoms with van der Waals surface area (Å²) in [5.74, 6) is 0. The number of rotatable bonds is 6. The molecule has 0 unspecified atom stereocenters. The highest BCUT2D eigenvalue weighted by Gasteiger charge is 2.13. The van der Waals surface area contributed by atoms with Gasteiger partial charge in [0, 0.05) is 16.6 Å². The van der Waals surface area contributed by atoms with Gasteiger partial charge >= 0.3 is 0 Å². The summed E-state index contributed by atoms with van der Waals surface area (Å²) in [4.78, 5) is 0. The van der Waals surface area contributed by atoms with Crippen LogP contribution in [0.15, 0.2) is 59.1 Å². The standard InChI is InChI=1S/C18H22BrN/c1-3-17(13-16-11-7-8-12-18(16)19)20-14(2)15-9-5-4-6-10-15/h4-12,14,17,20H,3,13H2,1-2H3/t14-,17-/m0/s1. The fraction of sp³-hybridized carbons (Fsp3) is 0.333. The molecule has 0 radical (unpaired) electrons. The lowest BCUT2D eigenvalue weighted by molar-refractivity contribution is 0.439. The molecule has 0 heterocycles. The minimum atomic E-state index is 0.378. The average Bonchev–Trinajstić information content (AvgIpc) is 2.49. The lowest BCUT2D eigenvalue weighted by atomic mass is 10.0. The van der Waals surface area contributed by atoms with Gasteiger partial charge < -0.3 is 5.32 Å². The molecule has 0 bridgehead atoms. The van der Waals surface area contributed by atoms with Crippen LogP contribution in [0.5, 0.6) is 0 Å². The first-order valence-electron chi connectivity index (χ1n) is 7.25. The molecule has 2 rings (SSSR count). The van der Waals surface area contributed by atoms with E-state index in [0.717, 1.165) is 12.8 Å². The molecule has 2 aromatic carbocycles. The second-order valence-electron chi connectivity index (χ2n) is 5.20. The van der Waals surface area contributed by atoms with E-state index in [1.54, 1.807) is 0 Å². The van der Waals surface area contributed by atoms with Gasteiger partial charge in [0.25, 0.3) is 0 Å². The van der Waals surface area contributed by atoms with E-state index < -0.39 is 0 Å². The van der Waals surface area contributed by atoms with Crippen molar-refractivity contribution in [2.45, 2.75) is 38.8 Å². The third-order valence-corrected chi connectivity index (χ3v) is 4.48. The molecule has 0 aliphatic heterocycles.